The van der Waals surface area contributed by atoms with Crippen molar-refractivity contribution in [1.29, 1.82) is 0 Å². The minimum atomic E-state index is -2.86. The first-order chi connectivity index (χ1) is 14.1. The molecular formula is C21H26F2N4O2. The van der Waals surface area contributed by atoms with E-state index in [9.17, 15) is 13.9 Å². The lowest BCUT2D eigenvalue weighted by atomic mass is 10.2. The largest absolute Gasteiger partial charge is 0.506 e. The molecule has 2 aromatic carbocycles. The van der Waals surface area contributed by atoms with Gasteiger partial charge >= 0.3 is 6.61 Å². The summed E-state index contributed by atoms with van der Waals surface area (Å²) in [5, 5.41) is 13.3. The van der Waals surface area contributed by atoms with Gasteiger partial charge in [-0.15, -0.1) is 0 Å². The number of phenols is 1. The van der Waals surface area contributed by atoms with Crippen molar-refractivity contribution in [3.8, 4) is 11.5 Å². The highest BCUT2D eigenvalue weighted by Crippen LogP contribution is 2.27. The Morgan fingerprint density at radius 2 is 1.79 bits per heavy atom. The number of ether oxygens (including phenoxy) is 1. The number of hydrogen-bond donors (Lipinski definition) is 2. The van der Waals surface area contributed by atoms with Crippen LogP contribution in [0.1, 0.15) is 12.5 Å². The molecule has 1 saturated heterocycles. The van der Waals surface area contributed by atoms with Crippen molar-refractivity contribution in [2.75, 3.05) is 37.6 Å². The number of piperazine rings is 1. The predicted molar refractivity (Wildman–Crippen MR) is 110 cm³/mol. The summed E-state index contributed by atoms with van der Waals surface area (Å²) < 4.78 is 29.8. The van der Waals surface area contributed by atoms with E-state index in [1.165, 1.54) is 6.07 Å². The van der Waals surface area contributed by atoms with Crippen LogP contribution in [-0.4, -0.2) is 55.3 Å². The van der Waals surface area contributed by atoms with Crippen molar-refractivity contribution >= 4 is 11.6 Å². The molecule has 1 aliphatic heterocycles. The van der Waals surface area contributed by atoms with Crippen LogP contribution in [0.3, 0.4) is 0 Å². The maximum atomic E-state index is 12.6. The Bertz CT molecular complexity index is 824. The Kier molecular flexibility index (Phi) is 7.10. The number of benzene rings is 2. The number of alkyl halides is 2. The van der Waals surface area contributed by atoms with Crippen LogP contribution in [0, 0.1) is 0 Å². The van der Waals surface area contributed by atoms with Gasteiger partial charge < -0.3 is 25.0 Å². The number of aliphatic imine (C=N–C) groups is 1. The fourth-order valence-corrected chi connectivity index (χ4v) is 3.32. The molecule has 2 aromatic rings. The third-order valence-corrected chi connectivity index (χ3v) is 4.72. The molecule has 2 N–H and O–H groups in total. The number of nitrogens with one attached hydrogen (secondary N) is 1. The van der Waals surface area contributed by atoms with E-state index in [4.69, 9.17) is 0 Å². The first-order valence-corrected chi connectivity index (χ1v) is 9.67. The van der Waals surface area contributed by atoms with E-state index >= 15 is 0 Å². The lowest BCUT2D eigenvalue weighted by molar-refractivity contribution is -0.0504. The fourth-order valence-electron chi connectivity index (χ4n) is 3.32. The average Bonchev–Trinajstić information content (AvgIpc) is 2.72. The summed E-state index contributed by atoms with van der Waals surface area (Å²) >= 11 is 0. The highest BCUT2D eigenvalue weighted by Gasteiger charge is 2.21. The van der Waals surface area contributed by atoms with Gasteiger partial charge in [0.15, 0.2) is 5.96 Å². The van der Waals surface area contributed by atoms with Gasteiger partial charge in [0.05, 0.1) is 12.2 Å². The Morgan fingerprint density at radius 1 is 1.10 bits per heavy atom. The second-order valence-electron chi connectivity index (χ2n) is 6.62. The lowest BCUT2D eigenvalue weighted by Crippen LogP contribution is -2.52. The van der Waals surface area contributed by atoms with Gasteiger partial charge in [0, 0.05) is 38.3 Å². The maximum absolute atomic E-state index is 12.6. The molecule has 0 unspecified atom stereocenters. The van der Waals surface area contributed by atoms with E-state index in [2.05, 4.69) is 24.8 Å². The van der Waals surface area contributed by atoms with Crippen molar-refractivity contribution in [2.45, 2.75) is 20.1 Å². The zero-order chi connectivity index (χ0) is 20.6. The van der Waals surface area contributed by atoms with Crippen molar-refractivity contribution in [3.05, 3.63) is 54.1 Å². The van der Waals surface area contributed by atoms with Crippen LogP contribution in [0.15, 0.2) is 53.5 Å². The highest BCUT2D eigenvalue weighted by atomic mass is 19.3. The van der Waals surface area contributed by atoms with E-state index in [-0.39, 0.29) is 18.0 Å². The summed E-state index contributed by atoms with van der Waals surface area (Å²) in [4.78, 5) is 8.90. The Balaban J connectivity index is 1.67. The quantitative estimate of drug-likeness (QED) is 0.572. The van der Waals surface area contributed by atoms with Gasteiger partial charge in [-0.25, -0.2) is 4.99 Å². The molecule has 0 amide bonds. The fraction of sp³-hybridized carbons (Fsp3) is 0.381. The summed E-state index contributed by atoms with van der Waals surface area (Å²) in [5.74, 6) is 1.15. The number of para-hydroxylation sites is 3. The number of nitrogens with zero attached hydrogens (tertiary/aromatic N) is 3. The predicted octanol–water partition coefficient (Wildman–Crippen LogP) is 3.28. The molecule has 3 rings (SSSR count). The van der Waals surface area contributed by atoms with Gasteiger partial charge in [-0.3, -0.25) is 0 Å². The van der Waals surface area contributed by atoms with Crippen LogP contribution in [0.4, 0.5) is 14.5 Å². The molecular weight excluding hydrogens is 378 g/mol. The molecule has 6 nitrogen and oxygen atoms in total. The summed E-state index contributed by atoms with van der Waals surface area (Å²) in [5.41, 5.74) is 1.43. The smallest absolute Gasteiger partial charge is 0.387 e. The molecule has 1 fully saturated rings. The molecule has 8 heteroatoms. The van der Waals surface area contributed by atoms with Gasteiger partial charge in [0.2, 0.25) is 0 Å². The van der Waals surface area contributed by atoms with Gasteiger partial charge in [-0.1, -0.05) is 30.3 Å². The van der Waals surface area contributed by atoms with Crippen LogP contribution in [0.5, 0.6) is 11.5 Å². The van der Waals surface area contributed by atoms with Gasteiger partial charge in [0.25, 0.3) is 0 Å². The Hall–Kier alpha value is -3.03. The number of aromatic hydroxyl groups is 1. The summed E-state index contributed by atoms with van der Waals surface area (Å²) in [7, 11) is 0. The number of anilines is 1. The van der Waals surface area contributed by atoms with Crippen molar-refractivity contribution < 1.29 is 18.6 Å². The molecule has 0 spiro atoms. The highest BCUT2D eigenvalue weighted by molar-refractivity contribution is 5.80. The molecule has 0 saturated carbocycles. The van der Waals surface area contributed by atoms with E-state index in [1.54, 1.807) is 30.3 Å². The van der Waals surface area contributed by atoms with Crippen LogP contribution in [-0.2, 0) is 6.54 Å². The van der Waals surface area contributed by atoms with Gasteiger partial charge in [-0.05, 0) is 25.1 Å². The molecule has 1 aliphatic rings. The third kappa shape index (κ3) is 5.49. The van der Waals surface area contributed by atoms with Crippen LogP contribution in [0.2, 0.25) is 0 Å². The molecule has 0 bridgehead atoms. The number of rotatable bonds is 6. The lowest BCUT2D eigenvalue weighted by Gasteiger charge is -2.37. The zero-order valence-corrected chi connectivity index (χ0v) is 16.4. The molecule has 1 heterocycles. The van der Waals surface area contributed by atoms with E-state index in [1.807, 2.05) is 19.1 Å². The van der Waals surface area contributed by atoms with Crippen LogP contribution < -0.4 is 15.0 Å². The monoisotopic (exact) mass is 404 g/mol. The van der Waals surface area contributed by atoms with Crippen molar-refractivity contribution in [2.24, 2.45) is 4.99 Å². The molecule has 0 atom stereocenters. The second-order valence-corrected chi connectivity index (χ2v) is 6.62. The SMILES string of the molecule is CCNC(=NCc1ccccc1OC(F)F)N1CCN(c2ccccc2O)CC1. The van der Waals surface area contributed by atoms with Crippen LogP contribution >= 0.6 is 0 Å². The average molecular weight is 404 g/mol. The van der Waals surface area contributed by atoms with Crippen LogP contribution in [0.25, 0.3) is 0 Å². The summed E-state index contributed by atoms with van der Waals surface area (Å²) in [6, 6.07) is 14.0. The molecule has 0 aliphatic carbocycles. The van der Waals surface area contributed by atoms with E-state index in [0.717, 1.165) is 37.8 Å². The minimum Gasteiger partial charge on any atom is -0.506 e. The number of phenolic OH excluding ortho intramolecular Hbond substituents is 1. The standard InChI is InChI=1S/C21H26F2N4O2/c1-2-24-21(25-15-16-7-3-6-10-19(16)29-20(22)23)27-13-11-26(12-14-27)17-8-4-5-9-18(17)28/h3-10,20,28H,2,11-15H2,1H3,(H,24,25). The van der Waals surface area contributed by atoms with Crippen molar-refractivity contribution in [1.82, 2.24) is 10.2 Å². The van der Waals surface area contributed by atoms with Gasteiger partial charge in [0.1, 0.15) is 11.5 Å². The Labute approximate surface area is 169 Å². The van der Waals surface area contributed by atoms with Crippen molar-refractivity contribution in [3.63, 3.8) is 0 Å². The summed E-state index contributed by atoms with van der Waals surface area (Å²) in [6.45, 7) is 3.02. The zero-order valence-electron chi connectivity index (χ0n) is 16.4. The van der Waals surface area contributed by atoms with E-state index < -0.39 is 6.61 Å². The molecule has 29 heavy (non-hydrogen) atoms. The number of hydrogen-bond acceptors (Lipinski definition) is 4. The molecule has 156 valence electrons. The second kappa shape index (κ2) is 9.95. The number of guanidine groups is 1. The van der Waals surface area contributed by atoms with E-state index in [0.29, 0.717) is 12.1 Å². The minimum absolute atomic E-state index is 0.145. The third-order valence-electron chi connectivity index (χ3n) is 4.72. The molecule has 0 aromatic heterocycles. The first-order valence-electron chi connectivity index (χ1n) is 9.67. The number of halogens is 2. The summed E-state index contributed by atoms with van der Waals surface area (Å²) in [6.07, 6.45) is 0. The first kappa shape index (κ1) is 20.7. The topological polar surface area (TPSA) is 60.3 Å². The van der Waals surface area contributed by atoms with Gasteiger partial charge in [-0.2, -0.15) is 8.78 Å². The normalized spacial score (nSPS) is 15.0. The molecule has 0 radical (unpaired) electrons. The maximum Gasteiger partial charge on any atom is 0.387 e. The Morgan fingerprint density at radius 3 is 2.48 bits per heavy atom.